The Morgan fingerprint density at radius 3 is 2.90 bits per heavy atom. The maximum atomic E-state index is 10.7. The molecule has 1 aromatic heterocycles. The van der Waals surface area contributed by atoms with Gasteiger partial charge >= 0.3 is 5.69 Å². The fraction of sp³-hybridized carbons (Fsp3) is 0.500. The molecule has 0 aliphatic rings. The Morgan fingerprint density at radius 1 is 1.48 bits per heavy atom. The SMILES string of the molecule is O=[N+]([O-])c1cccnc1OCCCNCCOS(=O)(O)=S. The van der Waals surface area contributed by atoms with E-state index in [1.807, 2.05) is 0 Å². The van der Waals surface area contributed by atoms with Crippen LogP contribution in [0.4, 0.5) is 5.69 Å². The molecular weight excluding hydrogens is 322 g/mol. The molecule has 0 amide bonds. The molecular formula is C10H15N3O6S2. The van der Waals surface area contributed by atoms with Crippen molar-refractivity contribution in [1.29, 1.82) is 0 Å². The van der Waals surface area contributed by atoms with Crippen LogP contribution >= 0.6 is 0 Å². The summed E-state index contributed by atoms with van der Waals surface area (Å²) in [6, 6.07) is 2.78. The van der Waals surface area contributed by atoms with Gasteiger partial charge in [-0.1, -0.05) is 0 Å². The lowest BCUT2D eigenvalue weighted by Gasteiger charge is -2.07. The molecule has 9 nitrogen and oxygen atoms in total. The van der Waals surface area contributed by atoms with Crippen molar-refractivity contribution in [3.8, 4) is 5.88 Å². The standard InChI is InChI=1S/C10H15N3O6S2/c14-13(15)9-3-1-5-12-10(9)18-7-2-4-11-6-8-19-21(16,17)20/h1,3,5,11H,2,4,6-8H2,(H,16,17,20). The van der Waals surface area contributed by atoms with Crippen molar-refractivity contribution < 1.29 is 22.6 Å². The van der Waals surface area contributed by atoms with Crippen molar-refractivity contribution in [3.05, 3.63) is 28.4 Å². The summed E-state index contributed by atoms with van der Waals surface area (Å²) in [5, 5.41) is 13.7. The van der Waals surface area contributed by atoms with E-state index in [0.717, 1.165) is 0 Å². The molecule has 11 heteroatoms. The van der Waals surface area contributed by atoms with Crippen molar-refractivity contribution in [3.63, 3.8) is 0 Å². The number of nitrogens with one attached hydrogen (secondary N) is 1. The summed E-state index contributed by atoms with van der Waals surface area (Å²) in [5.41, 5.74) is -0.179. The number of aromatic nitrogens is 1. The van der Waals surface area contributed by atoms with E-state index in [-0.39, 0.29) is 24.8 Å². The maximum absolute atomic E-state index is 10.7. The van der Waals surface area contributed by atoms with Crippen molar-refractivity contribution >= 4 is 25.9 Å². The van der Waals surface area contributed by atoms with Crippen molar-refractivity contribution in [2.24, 2.45) is 0 Å². The van der Waals surface area contributed by atoms with Gasteiger partial charge in [-0.3, -0.25) is 18.9 Å². The topological polar surface area (TPSA) is 124 Å². The van der Waals surface area contributed by atoms with Crippen LogP contribution in [-0.4, -0.2) is 45.0 Å². The zero-order valence-corrected chi connectivity index (χ0v) is 12.6. The molecule has 0 fully saturated rings. The van der Waals surface area contributed by atoms with Crippen LogP contribution in [0, 0.1) is 10.1 Å². The van der Waals surface area contributed by atoms with Crippen LogP contribution in [0.3, 0.4) is 0 Å². The summed E-state index contributed by atoms with van der Waals surface area (Å²) >= 11 is 4.14. The van der Waals surface area contributed by atoms with Crippen LogP contribution in [0.5, 0.6) is 5.88 Å². The predicted molar refractivity (Wildman–Crippen MR) is 78.0 cm³/mol. The highest BCUT2D eigenvalue weighted by Crippen LogP contribution is 2.22. The first-order chi connectivity index (χ1) is 9.90. The summed E-state index contributed by atoms with van der Waals surface area (Å²) in [7, 11) is -3.57. The Balaban J connectivity index is 2.16. The fourth-order valence-electron chi connectivity index (χ4n) is 1.34. The highest BCUT2D eigenvalue weighted by atomic mass is 32.9. The first-order valence-corrected chi connectivity index (χ1v) is 8.31. The van der Waals surface area contributed by atoms with Gasteiger partial charge in [0.15, 0.2) is 0 Å². The van der Waals surface area contributed by atoms with E-state index in [1.54, 1.807) is 0 Å². The van der Waals surface area contributed by atoms with Gasteiger partial charge in [-0.25, -0.2) is 4.98 Å². The molecule has 21 heavy (non-hydrogen) atoms. The molecule has 1 aromatic rings. The van der Waals surface area contributed by atoms with Crippen LogP contribution in [0.2, 0.25) is 0 Å². The molecule has 0 radical (unpaired) electrons. The average Bonchev–Trinajstić information content (AvgIpc) is 2.41. The van der Waals surface area contributed by atoms with Crippen LogP contribution in [0.1, 0.15) is 6.42 Å². The molecule has 1 heterocycles. The second-order valence-corrected chi connectivity index (χ2v) is 6.14. The summed E-state index contributed by atoms with van der Waals surface area (Å²) < 4.78 is 29.0. The van der Waals surface area contributed by atoms with Gasteiger partial charge < -0.3 is 10.1 Å². The van der Waals surface area contributed by atoms with Gasteiger partial charge in [0.25, 0.3) is 14.9 Å². The number of hydrogen-bond donors (Lipinski definition) is 2. The number of hydrogen-bond acceptors (Lipinski definition) is 8. The van der Waals surface area contributed by atoms with Gasteiger partial charge in [0, 0.05) is 30.0 Å². The molecule has 0 aromatic carbocycles. The van der Waals surface area contributed by atoms with E-state index in [1.165, 1.54) is 18.3 Å². The normalized spacial score (nSPS) is 13.6. The third kappa shape index (κ3) is 7.82. The van der Waals surface area contributed by atoms with Gasteiger partial charge in [-0.15, -0.1) is 0 Å². The third-order valence-corrected chi connectivity index (χ3v) is 2.95. The number of nitrogens with zero attached hydrogens (tertiary/aromatic N) is 2. The van der Waals surface area contributed by atoms with Gasteiger partial charge in [-0.05, 0) is 19.0 Å². The number of pyridine rings is 1. The van der Waals surface area contributed by atoms with Gasteiger partial charge in [0.1, 0.15) is 0 Å². The molecule has 0 bridgehead atoms. The van der Waals surface area contributed by atoms with E-state index in [0.29, 0.717) is 19.5 Å². The summed E-state index contributed by atoms with van der Waals surface area (Å²) in [4.78, 5) is 14.0. The zero-order valence-electron chi connectivity index (χ0n) is 11.0. The summed E-state index contributed by atoms with van der Waals surface area (Å²) in [6.07, 6.45) is 2.00. The Labute approximate surface area is 126 Å². The van der Waals surface area contributed by atoms with Gasteiger partial charge in [0.2, 0.25) is 0 Å². The number of nitro groups is 1. The molecule has 2 N–H and O–H groups in total. The van der Waals surface area contributed by atoms with E-state index >= 15 is 0 Å². The predicted octanol–water partition coefficient (Wildman–Crippen LogP) is 0.499. The maximum Gasteiger partial charge on any atom is 0.330 e. The van der Waals surface area contributed by atoms with Gasteiger partial charge in [-0.2, -0.15) is 4.21 Å². The van der Waals surface area contributed by atoms with Crippen LogP contribution < -0.4 is 10.1 Å². The van der Waals surface area contributed by atoms with Crippen LogP contribution in [0.15, 0.2) is 18.3 Å². The summed E-state index contributed by atoms with van der Waals surface area (Å²) in [5.74, 6) is -0.0167. The molecule has 1 unspecified atom stereocenters. The van der Waals surface area contributed by atoms with Crippen LogP contribution in [0.25, 0.3) is 0 Å². The van der Waals surface area contributed by atoms with E-state index in [9.17, 15) is 14.3 Å². The Morgan fingerprint density at radius 2 is 2.24 bits per heavy atom. The molecule has 1 rings (SSSR count). The molecule has 0 saturated heterocycles. The molecule has 1 atom stereocenters. The quantitative estimate of drug-likeness (QED) is 0.357. The van der Waals surface area contributed by atoms with E-state index in [2.05, 4.69) is 25.7 Å². The van der Waals surface area contributed by atoms with Crippen LogP contribution in [-0.2, 0) is 24.4 Å². The van der Waals surface area contributed by atoms with E-state index < -0.39 is 14.0 Å². The molecule has 0 saturated carbocycles. The number of ether oxygens (including phenoxy) is 1. The minimum absolute atomic E-state index is 0.0167. The Kier molecular flexibility index (Phi) is 7.39. The monoisotopic (exact) mass is 337 g/mol. The second kappa shape index (κ2) is 8.79. The fourth-order valence-corrected chi connectivity index (χ4v) is 1.84. The molecule has 0 aliphatic carbocycles. The Bertz CT molecular complexity index is 566. The van der Waals surface area contributed by atoms with Gasteiger partial charge in [0.05, 0.1) is 18.1 Å². The third-order valence-electron chi connectivity index (χ3n) is 2.20. The lowest BCUT2D eigenvalue weighted by atomic mass is 10.4. The molecule has 0 aliphatic heterocycles. The highest BCUT2D eigenvalue weighted by Gasteiger charge is 2.14. The minimum Gasteiger partial charge on any atom is -0.473 e. The first-order valence-electron chi connectivity index (χ1n) is 5.95. The lowest BCUT2D eigenvalue weighted by molar-refractivity contribution is -0.386. The lowest BCUT2D eigenvalue weighted by Crippen LogP contribution is -2.23. The second-order valence-electron chi connectivity index (χ2n) is 3.79. The largest absolute Gasteiger partial charge is 0.473 e. The van der Waals surface area contributed by atoms with Crippen molar-refractivity contribution in [1.82, 2.24) is 10.3 Å². The van der Waals surface area contributed by atoms with E-state index in [4.69, 9.17) is 9.29 Å². The molecule has 0 spiro atoms. The zero-order chi connectivity index (χ0) is 15.7. The summed E-state index contributed by atoms with van der Waals surface area (Å²) in [6.45, 7) is 1.18. The highest BCUT2D eigenvalue weighted by molar-refractivity contribution is 8.27. The minimum atomic E-state index is -3.57. The Hall–Kier alpha value is -1.40. The average molecular weight is 337 g/mol. The van der Waals surface area contributed by atoms with Crippen molar-refractivity contribution in [2.75, 3.05) is 26.3 Å². The smallest absolute Gasteiger partial charge is 0.330 e. The van der Waals surface area contributed by atoms with Crippen molar-refractivity contribution in [2.45, 2.75) is 6.42 Å². The first kappa shape index (κ1) is 17.7. The molecule has 118 valence electrons. The number of rotatable bonds is 10.